The van der Waals surface area contributed by atoms with Crippen LogP contribution in [0.15, 0.2) is 114 Å². The summed E-state index contributed by atoms with van der Waals surface area (Å²) in [4.78, 5) is 14.3. The van der Waals surface area contributed by atoms with Crippen LogP contribution in [0.25, 0.3) is 61.3 Å². The molecular weight excluding hydrogens is 833 g/mol. The van der Waals surface area contributed by atoms with Crippen LogP contribution in [0.3, 0.4) is 0 Å². The van der Waals surface area contributed by atoms with Gasteiger partial charge in [0.05, 0.1) is 36.2 Å². The minimum atomic E-state index is -1.23. The largest absolute Gasteiger partial charge is 0.501 e. The summed E-state index contributed by atoms with van der Waals surface area (Å²) in [5.74, 6) is 1.52. The Morgan fingerprint density at radius 1 is 0.731 bits per heavy atom. The number of aromatic nitrogens is 4. The number of imidazole rings is 1. The minimum absolute atomic E-state index is 0. The van der Waals surface area contributed by atoms with E-state index in [4.69, 9.17) is 9.40 Å². The number of benzene rings is 4. The van der Waals surface area contributed by atoms with Gasteiger partial charge in [-0.05, 0) is 52.9 Å². The average Bonchev–Trinajstić information content (AvgIpc) is 3.71. The number of furan rings is 1. The summed E-state index contributed by atoms with van der Waals surface area (Å²) in [5.41, 5.74) is 11.3. The molecule has 0 aliphatic heterocycles. The van der Waals surface area contributed by atoms with E-state index in [2.05, 4.69) is 123 Å². The number of pyridine rings is 2. The van der Waals surface area contributed by atoms with Gasteiger partial charge in [-0.25, -0.2) is 0 Å². The fourth-order valence-corrected chi connectivity index (χ4v) is 7.78. The molecule has 0 fully saturated rings. The van der Waals surface area contributed by atoms with Crippen LogP contribution in [0.5, 0.6) is 0 Å². The number of nitrogens with zero attached hydrogens (tertiary/aromatic N) is 4. The van der Waals surface area contributed by atoms with E-state index in [1.807, 2.05) is 67.0 Å². The van der Waals surface area contributed by atoms with Gasteiger partial charge in [0.25, 0.3) is 0 Å². The Labute approximate surface area is 321 Å². The molecule has 0 amide bonds. The van der Waals surface area contributed by atoms with Crippen LogP contribution in [0, 0.1) is 19.1 Å². The number of fused-ring (bicyclic) bond motifs is 4. The zero-order chi connectivity index (χ0) is 35.9. The van der Waals surface area contributed by atoms with Gasteiger partial charge in [-0.2, -0.15) is 0 Å². The molecule has 0 saturated carbocycles. The maximum atomic E-state index is 6.41. The normalized spacial score (nSPS) is 11.7. The first-order valence-electron chi connectivity index (χ1n) is 17.8. The third-order valence-electron chi connectivity index (χ3n) is 9.49. The van der Waals surface area contributed by atoms with Gasteiger partial charge < -0.3 is 14.0 Å². The molecule has 265 valence electrons. The molecular formula is C45H44IrN4OSi-2. The van der Waals surface area contributed by atoms with E-state index < -0.39 is 8.07 Å². The maximum Gasteiger partial charge on any atom is 0.120 e. The molecule has 4 heterocycles. The predicted octanol–water partition coefficient (Wildman–Crippen LogP) is 11.4. The first-order chi connectivity index (χ1) is 24.5. The van der Waals surface area contributed by atoms with Crippen molar-refractivity contribution in [2.75, 3.05) is 0 Å². The van der Waals surface area contributed by atoms with E-state index in [-0.39, 0.29) is 20.1 Å². The summed E-state index contributed by atoms with van der Waals surface area (Å²) in [7, 11) is -1.23. The zero-order valence-electron chi connectivity index (χ0n) is 31.1. The second kappa shape index (κ2) is 15.1. The van der Waals surface area contributed by atoms with Crippen molar-refractivity contribution in [2.24, 2.45) is 0 Å². The van der Waals surface area contributed by atoms with Crippen molar-refractivity contribution in [1.82, 2.24) is 19.5 Å². The van der Waals surface area contributed by atoms with Gasteiger partial charge in [0.15, 0.2) is 0 Å². The number of hydrogen-bond donors (Lipinski definition) is 0. The molecule has 4 aromatic carbocycles. The molecule has 0 spiro atoms. The topological polar surface area (TPSA) is 56.7 Å². The Morgan fingerprint density at radius 3 is 2.12 bits per heavy atom. The van der Waals surface area contributed by atoms with Crippen LogP contribution in [-0.4, -0.2) is 27.6 Å². The Morgan fingerprint density at radius 2 is 1.46 bits per heavy atom. The molecule has 1 radical (unpaired) electrons. The summed E-state index contributed by atoms with van der Waals surface area (Å²) in [5, 5.41) is 3.57. The molecule has 4 aromatic heterocycles. The minimum Gasteiger partial charge on any atom is -0.501 e. The van der Waals surface area contributed by atoms with Gasteiger partial charge in [-0.15, -0.1) is 54.1 Å². The third kappa shape index (κ3) is 7.05. The second-order valence-corrected chi connectivity index (χ2v) is 19.9. The van der Waals surface area contributed by atoms with Crippen molar-refractivity contribution in [1.29, 1.82) is 0 Å². The van der Waals surface area contributed by atoms with E-state index in [0.717, 1.165) is 61.3 Å². The molecule has 0 saturated heterocycles. The molecule has 8 aromatic rings. The Hall–Kier alpha value is -4.68. The molecule has 0 atom stereocenters. The SMILES string of the molecule is C[Si](C)(C)c1ccc(-c2[c-]cccc2)nc1.Cc1nccc2nc(-c3[c-]ccc4c3oc3ccccc34)n(-c3c(C(C)C)cccc3C(C)C)c12.[Ir]. The number of hydrogen-bond acceptors (Lipinski definition) is 4. The Balaban J connectivity index is 0.000000230. The van der Waals surface area contributed by atoms with Crippen LogP contribution in [0.2, 0.25) is 19.6 Å². The fourth-order valence-electron chi connectivity index (χ4n) is 6.74. The molecule has 7 heteroatoms. The van der Waals surface area contributed by atoms with Crippen molar-refractivity contribution >= 4 is 46.2 Å². The number of para-hydroxylation sites is 2. The van der Waals surface area contributed by atoms with Crippen LogP contribution >= 0.6 is 0 Å². The molecule has 5 nitrogen and oxygen atoms in total. The molecule has 0 N–H and O–H groups in total. The van der Waals surface area contributed by atoms with Crippen LogP contribution in [-0.2, 0) is 20.1 Å². The van der Waals surface area contributed by atoms with Gasteiger partial charge in [-0.1, -0.05) is 107 Å². The number of rotatable bonds is 6. The Bertz CT molecular complexity index is 2450. The van der Waals surface area contributed by atoms with E-state index in [1.165, 1.54) is 22.0 Å². The summed E-state index contributed by atoms with van der Waals surface area (Å²) >= 11 is 0. The van der Waals surface area contributed by atoms with E-state index >= 15 is 0 Å². The van der Waals surface area contributed by atoms with Crippen molar-refractivity contribution in [3.05, 3.63) is 138 Å². The average molecular weight is 877 g/mol. The molecule has 0 unspecified atom stereocenters. The molecule has 0 aliphatic carbocycles. The monoisotopic (exact) mass is 877 g/mol. The van der Waals surface area contributed by atoms with Crippen molar-refractivity contribution in [2.45, 2.75) is 66.1 Å². The third-order valence-corrected chi connectivity index (χ3v) is 11.5. The zero-order valence-corrected chi connectivity index (χ0v) is 34.5. The van der Waals surface area contributed by atoms with Crippen LogP contribution < -0.4 is 5.19 Å². The van der Waals surface area contributed by atoms with E-state index in [1.54, 1.807) is 0 Å². The van der Waals surface area contributed by atoms with Gasteiger partial charge in [-0.3, -0.25) is 9.97 Å². The van der Waals surface area contributed by atoms with Gasteiger partial charge in [0.1, 0.15) is 5.58 Å². The summed E-state index contributed by atoms with van der Waals surface area (Å²) in [6.45, 7) is 18.0. The summed E-state index contributed by atoms with van der Waals surface area (Å²) in [6, 6.07) is 39.8. The second-order valence-electron chi connectivity index (χ2n) is 14.8. The molecule has 8 rings (SSSR count). The smallest absolute Gasteiger partial charge is 0.120 e. The quantitative estimate of drug-likeness (QED) is 0.123. The standard InChI is InChI=1S/C31H28N3O.C14H16NSi.Ir/c1-18(2)21-11-8-12-22(19(3)4)29(21)34-28-20(5)32-17-16-26(28)33-31(34)25-14-9-13-24-23-10-6-7-15-27(23)35-30(24)25;1-16(2,3)13-9-10-14(15-11-13)12-7-5-4-6-8-12;/h6-13,15-19H,1-5H3;4-7,9-11H,1-3H3;/q2*-1;. The van der Waals surface area contributed by atoms with Crippen molar-refractivity contribution in [3.8, 4) is 28.3 Å². The van der Waals surface area contributed by atoms with Crippen molar-refractivity contribution < 1.29 is 24.5 Å². The Kier molecular flexibility index (Phi) is 10.8. The fraction of sp³-hybridized carbons (Fsp3) is 0.222. The number of aryl methyl sites for hydroxylation is 1. The predicted molar refractivity (Wildman–Crippen MR) is 215 cm³/mol. The van der Waals surface area contributed by atoms with Gasteiger partial charge >= 0.3 is 0 Å². The van der Waals surface area contributed by atoms with Crippen molar-refractivity contribution in [3.63, 3.8) is 0 Å². The molecule has 52 heavy (non-hydrogen) atoms. The molecule has 0 bridgehead atoms. The maximum absolute atomic E-state index is 6.41. The van der Waals surface area contributed by atoms with Gasteiger partial charge in [0.2, 0.25) is 0 Å². The summed E-state index contributed by atoms with van der Waals surface area (Å²) in [6.07, 6.45) is 3.85. The first kappa shape index (κ1) is 37.1. The first-order valence-corrected chi connectivity index (χ1v) is 21.3. The van der Waals surface area contributed by atoms with E-state index in [9.17, 15) is 0 Å². The van der Waals surface area contributed by atoms with Crippen LogP contribution in [0.4, 0.5) is 0 Å². The molecule has 0 aliphatic rings. The van der Waals surface area contributed by atoms with E-state index in [0.29, 0.717) is 11.8 Å². The van der Waals surface area contributed by atoms with Gasteiger partial charge in [0, 0.05) is 43.6 Å². The van der Waals surface area contributed by atoms with Crippen LogP contribution in [0.1, 0.15) is 56.4 Å². The summed E-state index contributed by atoms with van der Waals surface area (Å²) < 4.78 is 8.72.